The molecule has 4 rings (SSSR count). The van der Waals surface area contributed by atoms with Crippen LogP contribution in [0.25, 0.3) is 0 Å². The second kappa shape index (κ2) is 8.68. The van der Waals surface area contributed by atoms with Gasteiger partial charge in [-0.3, -0.25) is 4.79 Å². The number of aliphatic hydroxyl groups is 4. The van der Waals surface area contributed by atoms with Crippen molar-refractivity contribution < 1.29 is 34.7 Å². The number of methoxy groups -OCH3 is 1. The second-order valence-electron chi connectivity index (χ2n) is 8.26. The van der Waals surface area contributed by atoms with E-state index >= 15 is 0 Å². The summed E-state index contributed by atoms with van der Waals surface area (Å²) >= 11 is 0. The van der Waals surface area contributed by atoms with Crippen molar-refractivity contribution in [3.05, 3.63) is 63.7 Å². The Morgan fingerprint density at radius 3 is 2.39 bits per heavy atom. The van der Waals surface area contributed by atoms with E-state index in [1.165, 1.54) is 0 Å². The first-order valence-corrected chi connectivity index (χ1v) is 10.5. The quantitative estimate of drug-likeness (QED) is 0.530. The normalized spacial score (nSPS) is 27.7. The summed E-state index contributed by atoms with van der Waals surface area (Å²) in [6.07, 6.45) is -3.72. The van der Waals surface area contributed by atoms with E-state index in [0.717, 1.165) is 36.0 Å². The maximum atomic E-state index is 13.4. The number of carbonyl (C=O) groups excluding carboxylic acids is 1. The third-order valence-corrected chi connectivity index (χ3v) is 6.52. The molecule has 166 valence electrons. The minimum absolute atomic E-state index is 0.133. The first kappa shape index (κ1) is 21.9. The van der Waals surface area contributed by atoms with Crippen molar-refractivity contribution in [2.75, 3.05) is 13.7 Å². The van der Waals surface area contributed by atoms with Gasteiger partial charge in [0.25, 0.3) is 0 Å². The first-order chi connectivity index (χ1) is 14.9. The third kappa shape index (κ3) is 3.77. The summed E-state index contributed by atoms with van der Waals surface area (Å²) in [4.78, 5) is 13.4. The number of aliphatic hydroxyl groups excluding tert-OH is 4. The number of ether oxygens (including phenoxy) is 2. The molecular weight excluding hydrogens is 400 g/mol. The number of carbonyl (C=O) groups is 1. The van der Waals surface area contributed by atoms with Crippen LogP contribution in [0.3, 0.4) is 0 Å². The Balaban J connectivity index is 1.79. The zero-order valence-corrected chi connectivity index (χ0v) is 17.6. The highest BCUT2D eigenvalue weighted by molar-refractivity contribution is 6.10. The van der Waals surface area contributed by atoms with E-state index in [2.05, 4.69) is 0 Å². The molecule has 7 heteroatoms. The van der Waals surface area contributed by atoms with Crippen molar-refractivity contribution in [2.24, 2.45) is 0 Å². The van der Waals surface area contributed by atoms with Crippen LogP contribution in [0.2, 0.25) is 0 Å². The Morgan fingerprint density at radius 2 is 1.74 bits per heavy atom. The van der Waals surface area contributed by atoms with Gasteiger partial charge in [-0.2, -0.15) is 0 Å². The molecule has 1 aliphatic carbocycles. The Morgan fingerprint density at radius 1 is 1.06 bits per heavy atom. The molecule has 0 amide bonds. The van der Waals surface area contributed by atoms with Crippen molar-refractivity contribution in [1.82, 2.24) is 0 Å². The number of rotatable bonds is 5. The molecule has 1 saturated heterocycles. The number of hydrogen-bond donors (Lipinski definition) is 4. The largest absolute Gasteiger partial charge is 0.497 e. The molecule has 2 aliphatic rings. The molecule has 0 radical (unpaired) electrons. The van der Waals surface area contributed by atoms with Crippen LogP contribution in [0.1, 0.15) is 50.7 Å². The fourth-order valence-corrected chi connectivity index (χ4v) is 4.73. The SMILES string of the molecule is COc1ccc(C(=O)c2cc([C@@H]3O[C@H](CO)[C@@H](O)[C@H](O)[C@H]3O)c(C)c3c2CCC3)cc1. The van der Waals surface area contributed by atoms with Gasteiger partial charge in [0.15, 0.2) is 5.78 Å². The number of hydrogen-bond acceptors (Lipinski definition) is 7. The Hall–Kier alpha value is -2.29. The lowest BCUT2D eigenvalue weighted by molar-refractivity contribution is -0.231. The molecule has 1 fully saturated rings. The van der Waals surface area contributed by atoms with Crippen LogP contribution in [-0.4, -0.2) is 64.3 Å². The molecule has 0 aromatic heterocycles. The van der Waals surface area contributed by atoms with Gasteiger partial charge in [-0.15, -0.1) is 0 Å². The average Bonchev–Trinajstić information content (AvgIpc) is 3.29. The molecule has 0 unspecified atom stereocenters. The first-order valence-electron chi connectivity index (χ1n) is 10.5. The van der Waals surface area contributed by atoms with Gasteiger partial charge in [0.1, 0.15) is 36.3 Å². The van der Waals surface area contributed by atoms with Crippen LogP contribution in [0.4, 0.5) is 0 Å². The van der Waals surface area contributed by atoms with Crippen molar-refractivity contribution in [3.8, 4) is 5.75 Å². The van der Waals surface area contributed by atoms with E-state index in [1.807, 2.05) is 6.92 Å². The average molecular weight is 428 g/mol. The van der Waals surface area contributed by atoms with E-state index in [1.54, 1.807) is 37.4 Å². The summed E-state index contributed by atoms with van der Waals surface area (Å²) in [5.41, 5.74) is 4.64. The van der Waals surface area contributed by atoms with Crippen molar-refractivity contribution in [3.63, 3.8) is 0 Å². The molecule has 2 aromatic carbocycles. The van der Waals surface area contributed by atoms with Gasteiger partial charge in [0, 0.05) is 11.1 Å². The van der Waals surface area contributed by atoms with E-state index in [9.17, 15) is 25.2 Å². The third-order valence-electron chi connectivity index (χ3n) is 6.52. The highest BCUT2D eigenvalue weighted by Crippen LogP contribution is 2.39. The summed E-state index contributed by atoms with van der Waals surface area (Å²) in [6, 6.07) is 8.64. The van der Waals surface area contributed by atoms with Crippen molar-refractivity contribution in [1.29, 1.82) is 0 Å². The van der Waals surface area contributed by atoms with Gasteiger partial charge >= 0.3 is 0 Å². The van der Waals surface area contributed by atoms with Crippen LogP contribution >= 0.6 is 0 Å². The van der Waals surface area contributed by atoms with Gasteiger partial charge in [-0.05, 0) is 78.8 Å². The zero-order chi connectivity index (χ0) is 22.3. The molecule has 0 saturated carbocycles. The minimum atomic E-state index is -1.47. The smallest absolute Gasteiger partial charge is 0.193 e. The molecule has 7 nitrogen and oxygen atoms in total. The number of benzene rings is 2. The Labute approximate surface area is 180 Å². The summed E-state index contributed by atoms with van der Waals surface area (Å²) in [5, 5.41) is 40.6. The van der Waals surface area contributed by atoms with Gasteiger partial charge in [0.05, 0.1) is 13.7 Å². The zero-order valence-electron chi connectivity index (χ0n) is 17.6. The Bertz CT molecular complexity index is 967. The lowest BCUT2D eigenvalue weighted by atomic mass is 9.84. The molecular formula is C24H28O7. The maximum absolute atomic E-state index is 13.4. The second-order valence-corrected chi connectivity index (χ2v) is 8.26. The Kier molecular flexibility index (Phi) is 6.14. The molecule has 4 N–H and O–H groups in total. The summed E-state index contributed by atoms with van der Waals surface area (Å²) in [5.74, 6) is 0.527. The highest BCUT2D eigenvalue weighted by atomic mass is 16.5. The summed E-state index contributed by atoms with van der Waals surface area (Å²) < 4.78 is 11.0. The van der Waals surface area contributed by atoms with Crippen LogP contribution in [-0.2, 0) is 17.6 Å². The predicted molar refractivity (Wildman–Crippen MR) is 112 cm³/mol. The molecule has 2 aromatic rings. The number of ketones is 1. The predicted octanol–water partition coefficient (Wildman–Crippen LogP) is 1.24. The van der Waals surface area contributed by atoms with E-state index < -0.39 is 37.1 Å². The molecule has 0 bridgehead atoms. The standard InChI is InChI=1S/C24H28O7/c1-12-15-4-3-5-16(15)18(20(26)13-6-8-14(30-2)9-7-13)10-17(12)24-23(29)22(28)21(27)19(11-25)31-24/h6-10,19,21-25,27-29H,3-5,11H2,1-2H3/t19-,21-,22+,23-,24+/m1/s1. The van der Waals surface area contributed by atoms with Gasteiger partial charge < -0.3 is 29.9 Å². The van der Waals surface area contributed by atoms with Gasteiger partial charge in [-0.1, -0.05) is 0 Å². The lowest BCUT2D eigenvalue weighted by Gasteiger charge is -2.41. The maximum Gasteiger partial charge on any atom is 0.193 e. The van der Waals surface area contributed by atoms with E-state index in [0.29, 0.717) is 22.4 Å². The lowest BCUT2D eigenvalue weighted by Crippen LogP contribution is -2.55. The van der Waals surface area contributed by atoms with Crippen LogP contribution in [0, 0.1) is 6.92 Å². The fraction of sp³-hybridized carbons (Fsp3) is 0.458. The van der Waals surface area contributed by atoms with E-state index in [-0.39, 0.29) is 5.78 Å². The number of fused-ring (bicyclic) bond motifs is 1. The highest BCUT2D eigenvalue weighted by Gasteiger charge is 2.45. The monoisotopic (exact) mass is 428 g/mol. The molecule has 5 atom stereocenters. The molecule has 0 spiro atoms. The summed E-state index contributed by atoms with van der Waals surface area (Å²) in [6.45, 7) is 1.42. The van der Waals surface area contributed by atoms with Crippen LogP contribution < -0.4 is 4.74 Å². The topological polar surface area (TPSA) is 116 Å². The fourth-order valence-electron chi connectivity index (χ4n) is 4.73. The summed E-state index contributed by atoms with van der Waals surface area (Å²) in [7, 11) is 1.57. The minimum Gasteiger partial charge on any atom is -0.497 e. The van der Waals surface area contributed by atoms with Gasteiger partial charge in [-0.25, -0.2) is 0 Å². The van der Waals surface area contributed by atoms with Crippen molar-refractivity contribution >= 4 is 5.78 Å². The van der Waals surface area contributed by atoms with Crippen molar-refractivity contribution in [2.45, 2.75) is 56.7 Å². The molecule has 1 heterocycles. The van der Waals surface area contributed by atoms with Crippen LogP contribution in [0.15, 0.2) is 30.3 Å². The van der Waals surface area contributed by atoms with Gasteiger partial charge in [0.2, 0.25) is 0 Å². The molecule has 1 aliphatic heterocycles. The van der Waals surface area contributed by atoms with E-state index in [4.69, 9.17) is 9.47 Å². The molecule has 31 heavy (non-hydrogen) atoms. The van der Waals surface area contributed by atoms with Crippen LogP contribution in [0.5, 0.6) is 5.75 Å².